The molecule has 1 aromatic rings. The van der Waals surface area contributed by atoms with Crippen LogP contribution in [0.5, 0.6) is 0 Å². The molecule has 0 aliphatic carbocycles. The molecule has 4 unspecified atom stereocenters. The van der Waals surface area contributed by atoms with Gasteiger partial charge in [0.1, 0.15) is 18.1 Å². The van der Waals surface area contributed by atoms with Crippen LogP contribution in [0.1, 0.15) is 45.2 Å². The molecule has 36 heavy (non-hydrogen) atoms. The van der Waals surface area contributed by atoms with Crippen molar-refractivity contribution in [2.75, 3.05) is 0 Å². The van der Waals surface area contributed by atoms with Gasteiger partial charge in [0.05, 0.1) is 18.8 Å². The van der Waals surface area contributed by atoms with E-state index < -0.39 is 72.6 Å². The normalized spacial score (nSPS) is 14.2. The Bertz CT molecular complexity index is 934. The first kappa shape index (κ1) is 30.0. The quantitative estimate of drug-likeness (QED) is 0.123. The second kappa shape index (κ2) is 14.4. The summed E-state index contributed by atoms with van der Waals surface area (Å²) in [5, 5.41) is 34.2. The molecule has 3 amide bonds. The Morgan fingerprint density at radius 1 is 0.917 bits per heavy atom. The van der Waals surface area contributed by atoms with Crippen LogP contribution in [0.2, 0.25) is 0 Å². The van der Waals surface area contributed by atoms with E-state index in [2.05, 4.69) is 25.9 Å². The van der Waals surface area contributed by atoms with Crippen molar-refractivity contribution in [1.82, 2.24) is 25.9 Å². The molecule has 0 aliphatic heterocycles. The number of hydrogen-bond donors (Lipinski definition) is 8. The Labute approximate surface area is 206 Å². The highest BCUT2D eigenvalue weighted by Gasteiger charge is 2.31. The summed E-state index contributed by atoms with van der Waals surface area (Å²) in [6, 6.07) is -5.50. The zero-order valence-electron chi connectivity index (χ0n) is 19.9. The lowest BCUT2D eigenvalue weighted by Crippen LogP contribution is -2.58. The highest BCUT2D eigenvalue weighted by Crippen LogP contribution is 2.08. The van der Waals surface area contributed by atoms with Crippen molar-refractivity contribution in [2.24, 2.45) is 11.7 Å². The lowest BCUT2D eigenvalue weighted by molar-refractivity contribution is -0.142. The first-order valence-corrected chi connectivity index (χ1v) is 11.1. The number of nitrogens with two attached hydrogens (primary N) is 1. The minimum atomic E-state index is -1.50. The third kappa shape index (κ3) is 10.9. The van der Waals surface area contributed by atoms with Gasteiger partial charge in [-0.15, -0.1) is 0 Å². The molecule has 200 valence electrons. The predicted octanol–water partition coefficient (Wildman–Crippen LogP) is -1.80. The van der Waals surface area contributed by atoms with Crippen LogP contribution in [0.15, 0.2) is 12.5 Å². The summed E-state index contributed by atoms with van der Waals surface area (Å²) in [5.41, 5.74) is 5.94. The summed E-state index contributed by atoms with van der Waals surface area (Å²) < 4.78 is 0. The zero-order chi connectivity index (χ0) is 27.4. The van der Waals surface area contributed by atoms with Crippen LogP contribution in [0.4, 0.5) is 0 Å². The molecule has 15 heteroatoms. The van der Waals surface area contributed by atoms with Gasteiger partial charge in [-0.05, 0) is 18.8 Å². The summed E-state index contributed by atoms with van der Waals surface area (Å²) in [6.45, 7) is 3.55. The molecule has 1 rings (SSSR count). The second-order valence-corrected chi connectivity index (χ2v) is 8.57. The van der Waals surface area contributed by atoms with E-state index in [1.807, 2.05) is 0 Å². The summed E-state index contributed by atoms with van der Waals surface area (Å²) in [4.78, 5) is 78.2. The number of aliphatic carboxylic acids is 3. The number of carboxylic acid groups (broad SMARTS) is 3. The number of hydrogen-bond acceptors (Lipinski definition) is 8. The van der Waals surface area contributed by atoms with Crippen molar-refractivity contribution in [3.05, 3.63) is 18.2 Å². The van der Waals surface area contributed by atoms with E-state index in [4.69, 9.17) is 15.9 Å². The highest BCUT2D eigenvalue weighted by molar-refractivity contribution is 5.95. The SMILES string of the molecule is CC(C)CC(NC(=O)C(Cc1cnc[nH]1)NC(=O)C(CCC(=O)O)NC(=O)C(N)CC(=O)O)C(=O)O. The van der Waals surface area contributed by atoms with Crippen LogP contribution in [0.25, 0.3) is 0 Å². The molecular weight excluding hydrogens is 480 g/mol. The number of amides is 3. The number of nitrogens with zero attached hydrogens (tertiary/aromatic N) is 1. The monoisotopic (exact) mass is 512 g/mol. The summed E-state index contributed by atoms with van der Waals surface area (Å²) >= 11 is 0. The van der Waals surface area contributed by atoms with Crippen molar-refractivity contribution >= 4 is 35.6 Å². The average Bonchev–Trinajstić information content (AvgIpc) is 3.27. The number of aromatic nitrogens is 2. The van der Waals surface area contributed by atoms with Gasteiger partial charge in [0.25, 0.3) is 0 Å². The zero-order valence-corrected chi connectivity index (χ0v) is 19.9. The highest BCUT2D eigenvalue weighted by atomic mass is 16.4. The van der Waals surface area contributed by atoms with E-state index in [1.165, 1.54) is 12.5 Å². The van der Waals surface area contributed by atoms with Crippen molar-refractivity contribution in [2.45, 2.75) is 70.1 Å². The molecule has 0 aliphatic rings. The van der Waals surface area contributed by atoms with Gasteiger partial charge in [-0.25, -0.2) is 9.78 Å². The van der Waals surface area contributed by atoms with Crippen LogP contribution in [-0.4, -0.2) is 85.1 Å². The number of imidazole rings is 1. The fourth-order valence-corrected chi connectivity index (χ4v) is 3.16. The smallest absolute Gasteiger partial charge is 0.326 e. The molecule has 9 N–H and O–H groups in total. The van der Waals surface area contributed by atoms with E-state index in [9.17, 15) is 33.9 Å². The van der Waals surface area contributed by atoms with E-state index in [0.29, 0.717) is 5.69 Å². The number of carbonyl (C=O) groups excluding carboxylic acids is 3. The molecule has 15 nitrogen and oxygen atoms in total. The largest absolute Gasteiger partial charge is 0.481 e. The van der Waals surface area contributed by atoms with Gasteiger partial charge in [-0.2, -0.15) is 0 Å². The standard InChI is InChI=1S/C21H32N6O9/c1-10(2)5-15(21(35)36)27-20(34)14(6-11-8-23-9-24-11)26-19(33)13(3-4-16(28)29)25-18(32)12(22)7-17(30)31/h8-10,12-15H,3-7,22H2,1-2H3,(H,23,24)(H,25,32)(H,26,33)(H,27,34)(H,28,29)(H,30,31)(H,35,36). The summed E-state index contributed by atoms with van der Waals surface area (Å²) in [5.74, 6) is -6.70. The average molecular weight is 513 g/mol. The van der Waals surface area contributed by atoms with E-state index in [-0.39, 0.29) is 25.2 Å². The van der Waals surface area contributed by atoms with Crippen LogP contribution in [0.3, 0.4) is 0 Å². The Morgan fingerprint density at radius 2 is 1.50 bits per heavy atom. The lowest BCUT2D eigenvalue weighted by atomic mass is 10.0. The maximum atomic E-state index is 13.0. The first-order valence-electron chi connectivity index (χ1n) is 11.1. The van der Waals surface area contributed by atoms with Crippen LogP contribution in [-0.2, 0) is 35.2 Å². The van der Waals surface area contributed by atoms with Crippen LogP contribution >= 0.6 is 0 Å². The molecule has 0 aromatic carbocycles. The van der Waals surface area contributed by atoms with Gasteiger partial charge >= 0.3 is 17.9 Å². The fourth-order valence-electron chi connectivity index (χ4n) is 3.16. The third-order valence-electron chi connectivity index (χ3n) is 4.94. The number of carboxylic acids is 3. The maximum Gasteiger partial charge on any atom is 0.326 e. The lowest BCUT2D eigenvalue weighted by Gasteiger charge is -2.25. The summed E-state index contributed by atoms with van der Waals surface area (Å²) in [7, 11) is 0. The van der Waals surface area contributed by atoms with Gasteiger partial charge in [0.2, 0.25) is 17.7 Å². The summed E-state index contributed by atoms with van der Waals surface area (Å²) in [6.07, 6.45) is 1.11. The molecule has 1 heterocycles. The minimum absolute atomic E-state index is 0.0577. The third-order valence-corrected chi connectivity index (χ3v) is 4.94. The molecule has 0 bridgehead atoms. The van der Waals surface area contributed by atoms with Crippen molar-refractivity contribution in [3.8, 4) is 0 Å². The number of H-pyrrole nitrogens is 1. The van der Waals surface area contributed by atoms with E-state index in [0.717, 1.165) is 0 Å². The fraction of sp³-hybridized carbons (Fsp3) is 0.571. The molecule has 1 aromatic heterocycles. The first-order chi connectivity index (χ1) is 16.8. The molecular formula is C21H32N6O9. The van der Waals surface area contributed by atoms with Crippen LogP contribution in [0, 0.1) is 5.92 Å². The minimum Gasteiger partial charge on any atom is -0.481 e. The van der Waals surface area contributed by atoms with Gasteiger partial charge in [0, 0.05) is 24.7 Å². The Balaban J connectivity index is 3.09. The predicted molar refractivity (Wildman–Crippen MR) is 122 cm³/mol. The number of carbonyl (C=O) groups is 6. The van der Waals surface area contributed by atoms with Crippen molar-refractivity contribution < 1.29 is 44.1 Å². The number of rotatable bonds is 16. The molecule has 0 radical (unpaired) electrons. The Hall–Kier alpha value is -4.01. The number of aromatic amines is 1. The molecule has 0 spiro atoms. The molecule has 0 saturated carbocycles. The maximum absolute atomic E-state index is 13.0. The molecule has 0 saturated heterocycles. The van der Waals surface area contributed by atoms with Crippen molar-refractivity contribution in [3.63, 3.8) is 0 Å². The van der Waals surface area contributed by atoms with Gasteiger partial charge in [-0.1, -0.05) is 13.8 Å². The number of nitrogens with one attached hydrogen (secondary N) is 4. The molecule has 4 atom stereocenters. The van der Waals surface area contributed by atoms with Crippen LogP contribution < -0.4 is 21.7 Å². The topological polar surface area (TPSA) is 254 Å². The van der Waals surface area contributed by atoms with E-state index in [1.54, 1.807) is 13.8 Å². The van der Waals surface area contributed by atoms with Crippen molar-refractivity contribution in [1.29, 1.82) is 0 Å². The van der Waals surface area contributed by atoms with Gasteiger partial charge < -0.3 is 42.0 Å². The second-order valence-electron chi connectivity index (χ2n) is 8.57. The van der Waals surface area contributed by atoms with E-state index >= 15 is 0 Å². The van der Waals surface area contributed by atoms with Gasteiger partial charge in [0.15, 0.2) is 0 Å². The Kier molecular flexibility index (Phi) is 12.0. The van der Waals surface area contributed by atoms with Gasteiger partial charge in [-0.3, -0.25) is 24.0 Å². The molecule has 0 fully saturated rings. The Morgan fingerprint density at radius 3 is 2.00 bits per heavy atom.